The molecule has 0 bridgehead atoms. The van der Waals surface area contributed by atoms with E-state index >= 15 is 0 Å². The third-order valence-corrected chi connectivity index (χ3v) is 6.64. The fourth-order valence-electron chi connectivity index (χ4n) is 4.54. The number of carboxylic acids is 1. The Morgan fingerprint density at radius 3 is 1.80 bits per heavy atom. The summed E-state index contributed by atoms with van der Waals surface area (Å²) < 4.78 is 12.2. The average molecular weight is 495 g/mol. The maximum absolute atomic E-state index is 12.1. The molecule has 35 heavy (non-hydrogen) atoms. The number of hydrogen-bond donors (Lipinski definition) is 1. The van der Waals surface area contributed by atoms with Gasteiger partial charge in [-0.05, 0) is 44.2 Å². The van der Waals surface area contributed by atoms with Crippen molar-refractivity contribution in [3.8, 4) is 0 Å². The lowest BCUT2D eigenvalue weighted by atomic mass is 10.0. The highest BCUT2D eigenvalue weighted by molar-refractivity contribution is 5.71. The van der Waals surface area contributed by atoms with Crippen LogP contribution in [-0.4, -0.2) is 55.3 Å². The zero-order valence-electron chi connectivity index (χ0n) is 23.4. The van der Waals surface area contributed by atoms with Crippen LogP contribution in [0.5, 0.6) is 0 Å². The number of aryl methyl sites for hydroxylation is 2. The molecule has 202 valence electrons. The first kappa shape index (κ1) is 31.2. The van der Waals surface area contributed by atoms with Gasteiger partial charge in [-0.2, -0.15) is 0 Å². The molecule has 0 amide bonds. The first-order chi connectivity index (χ1) is 16.5. The zero-order valence-corrected chi connectivity index (χ0v) is 23.4. The molecule has 1 N–H and O–H groups in total. The number of carbonyl (C=O) groups excluding carboxylic acids is 1. The van der Waals surface area contributed by atoms with Crippen molar-refractivity contribution < 1.29 is 28.3 Å². The van der Waals surface area contributed by atoms with Gasteiger partial charge in [0.2, 0.25) is 0 Å². The van der Waals surface area contributed by atoms with E-state index in [4.69, 9.17) is 14.3 Å². The predicted octanol–water partition coefficient (Wildman–Crippen LogP) is 6.78. The average Bonchev–Trinajstić information content (AvgIpc) is 3.01. The summed E-state index contributed by atoms with van der Waals surface area (Å²) in [6, 6.07) is 0. The van der Waals surface area contributed by atoms with Crippen LogP contribution >= 0.6 is 0 Å². The van der Waals surface area contributed by atoms with Gasteiger partial charge in [0.1, 0.15) is 18.1 Å². The van der Waals surface area contributed by atoms with E-state index in [9.17, 15) is 9.59 Å². The molecule has 0 aliphatic heterocycles. The molecule has 1 unspecified atom stereocenters. The first-order valence-corrected chi connectivity index (χ1v) is 13.8. The van der Waals surface area contributed by atoms with Gasteiger partial charge >= 0.3 is 11.9 Å². The molecular weight excluding hydrogens is 442 g/mol. The largest absolute Gasteiger partial charge is 0.481 e. The number of unbranched alkanes of at least 4 members (excludes halogenated alkanes) is 9. The van der Waals surface area contributed by atoms with E-state index in [0.717, 1.165) is 32.1 Å². The number of likely N-dealkylation sites (N-methyl/N-ethyl adjacent to an activating group) is 1. The van der Waals surface area contributed by atoms with E-state index < -0.39 is 12.1 Å². The van der Waals surface area contributed by atoms with E-state index in [0.29, 0.717) is 17.4 Å². The molecule has 0 aromatic carbocycles. The lowest BCUT2D eigenvalue weighted by Gasteiger charge is -2.28. The van der Waals surface area contributed by atoms with Crippen LogP contribution in [0.1, 0.15) is 113 Å². The van der Waals surface area contributed by atoms with Crippen molar-refractivity contribution in [2.75, 3.05) is 27.7 Å². The molecule has 1 rings (SSSR count). The van der Waals surface area contributed by atoms with Crippen molar-refractivity contribution in [3.05, 3.63) is 22.6 Å². The number of ether oxygens (including phenoxy) is 1. The summed E-state index contributed by atoms with van der Waals surface area (Å²) >= 11 is 0. The van der Waals surface area contributed by atoms with E-state index in [2.05, 4.69) is 20.8 Å². The molecule has 6 heteroatoms. The fourth-order valence-corrected chi connectivity index (χ4v) is 4.54. The molecule has 1 aromatic rings. The number of furan rings is 1. The molecular formula is C29H52NO5+. The van der Waals surface area contributed by atoms with Crippen LogP contribution in [0.3, 0.4) is 0 Å². The Kier molecular flexibility index (Phi) is 15.0. The van der Waals surface area contributed by atoms with Crippen molar-refractivity contribution in [2.24, 2.45) is 0 Å². The number of aliphatic carboxylic acids is 1. The maximum Gasteiger partial charge on any atom is 0.307 e. The molecule has 6 nitrogen and oxygen atoms in total. The Bertz CT molecular complexity index is 747. The van der Waals surface area contributed by atoms with Crippen LogP contribution in [0.2, 0.25) is 0 Å². The van der Waals surface area contributed by atoms with Gasteiger partial charge < -0.3 is 18.7 Å². The number of carboxylic acid groups (broad SMARTS) is 1. The molecule has 0 saturated carbocycles. The second-order valence-corrected chi connectivity index (χ2v) is 11.2. The molecule has 0 saturated heterocycles. The molecule has 1 aromatic heterocycles. The minimum Gasteiger partial charge on any atom is -0.481 e. The van der Waals surface area contributed by atoms with Gasteiger partial charge in [-0.1, -0.05) is 58.3 Å². The van der Waals surface area contributed by atoms with Crippen LogP contribution in [0.15, 0.2) is 4.42 Å². The SMILES string of the molecule is CCCCCc1oc(CCCCCCCCCCC(=O)OC(CC(=O)O)C[N+](C)(C)C)c(C)c1C. The molecule has 0 aliphatic rings. The van der Waals surface area contributed by atoms with Crippen LogP contribution in [0.25, 0.3) is 0 Å². The standard InChI is InChI=1S/C29H51NO5/c1-7-8-15-18-26-23(2)24(3)27(35-26)19-16-13-11-9-10-12-14-17-20-29(33)34-25(21-28(31)32)22-30(4,5)6/h25H,7-22H2,1-6H3/p+1. The van der Waals surface area contributed by atoms with E-state index in [1.54, 1.807) is 0 Å². The lowest BCUT2D eigenvalue weighted by molar-refractivity contribution is -0.873. The number of esters is 1. The van der Waals surface area contributed by atoms with E-state index in [1.807, 2.05) is 21.1 Å². The summed E-state index contributed by atoms with van der Waals surface area (Å²) in [5.74, 6) is 1.17. The topological polar surface area (TPSA) is 76.7 Å². The predicted molar refractivity (Wildman–Crippen MR) is 142 cm³/mol. The molecule has 0 spiro atoms. The third-order valence-electron chi connectivity index (χ3n) is 6.64. The molecule has 0 radical (unpaired) electrons. The summed E-state index contributed by atoms with van der Waals surface area (Å²) in [5.41, 5.74) is 2.70. The van der Waals surface area contributed by atoms with E-state index in [1.165, 1.54) is 74.0 Å². The van der Waals surface area contributed by atoms with Crippen molar-refractivity contribution in [3.63, 3.8) is 0 Å². The van der Waals surface area contributed by atoms with Crippen LogP contribution in [0, 0.1) is 13.8 Å². The highest BCUT2D eigenvalue weighted by atomic mass is 16.5. The van der Waals surface area contributed by atoms with Gasteiger partial charge in [0.25, 0.3) is 0 Å². The highest BCUT2D eigenvalue weighted by Gasteiger charge is 2.24. The second-order valence-electron chi connectivity index (χ2n) is 11.2. The molecule has 0 fully saturated rings. The van der Waals surface area contributed by atoms with E-state index in [-0.39, 0.29) is 12.4 Å². The molecule has 1 heterocycles. The summed E-state index contributed by atoms with van der Waals surface area (Å²) in [7, 11) is 5.90. The van der Waals surface area contributed by atoms with Crippen molar-refractivity contribution in [1.82, 2.24) is 0 Å². The third kappa shape index (κ3) is 14.4. The number of nitrogens with zero attached hydrogens (tertiary/aromatic N) is 1. The normalized spacial score (nSPS) is 12.6. The van der Waals surface area contributed by atoms with Gasteiger partial charge in [-0.15, -0.1) is 0 Å². The van der Waals surface area contributed by atoms with Crippen LogP contribution in [-0.2, 0) is 27.2 Å². The quantitative estimate of drug-likeness (QED) is 0.123. The fraction of sp³-hybridized carbons (Fsp3) is 0.793. The van der Waals surface area contributed by atoms with Crippen molar-refractivity contribution >= 4 is 11.9 Å². The van der Waals surface area contributed by atoms with Crippen molar-refractivity contribution in [2.45, 2.75) is 123 Å². The lowest BCUT2D eigenvalue weighted by Crippen LogP contribution is -2.43. The smallest absolute Gasteiger partial charge is 0.307 e. The summed E-state index contributed by atoms with van der Waals surface area (Å²) in [6.45, 7) is 7.13. The minimum absolute atomic E-state index is 0.138. The monoisotopic (exact) mass is 494 g/mol. The Hall–Kier alpha value is -1.82. The van der Waals surface area contributed by atoms with Gasteiger partial charge in [-0.25, -0.2) is 0 Å². The first-order valence-electron chi connectivity index (χ1n) is 13.8. The Morgan fingerprint density at radius 1 is 0.829 bits per heavy atom. The van der Waals surface area contributed by atoms with Crippen molar-refractivity contribution in [1.29, 1.82) is 0 Å². The molecule has 0 aliphatic carbocycles. The van der Waals surface area contributed by atoms with Gasteiger partial charge in [0, 0.05) is 19.3 Å². The number of rotatable bonds is 20. The second kappa shape index (κ2) is 16.8. The Labute approximate surface area is 214 Å². The highest BCUT2D eigenvalue weighted by Crippen LogP contribution is 2.25. The maximum atomic E-state index is 12.1. The Balaban J connectivity index is 2.12. The number of carbonyl (C=O) groups is 2. The minimum atomic E-state index is -0.933. The van der Waals surface area contributed by atoms with Crippen LogP contribution < -0.4 is 0 Å². The summed E-state index contributed by atoms with van der Waals surface area (Å²) in [5, 5.41) is 9.06. The van der Waals surface area contributed by atoms with Gasteiger partial charge in [-0.3, -0.25) is 9.59 Å². The Morgan fingerprint density at radius 2 is 1.31 bits per heavy atom. The molecule has 1 atom stereocenters. The number of hydrogen-bond acceptors (Lipinski definition) is 4. The zero-order chi connectivity index (χ0) is 26.3. The number of quaternary nitrogens is 1. The summed E-state index contributed by atoms with van der Waals surface area (Å²) in [6.07, 6.45) is 14.5. The summed E-state index contributed by atoms with van der Waals surface area (Å²) in [4.78, 5) is 23.2. The van der Waals surface area contributed by atoms with Crippen LogP contribution in [0.4, 0.5) is 0 Å². The van der Waals surface area contributed by atoms with Gasteiger partial charge in [0.15, 0.2) is 6.10 Å². The van der Waals surface area contributed by atoms with Gasteiger partial charge in [0.05, 0.1) is 27.6 Å².